The smallest absolute Gasteiger partial charge is 0.265 e. The maximum Gasteiger partial charge on any atom is 0.265 e. The Morgan fingerprint density at radius 2 is 2.11 bits per heavy atom. The lowest BCUT2D eigenvalue weighted by molar-refractivity contribution is 0.392. The van der Waals surface area contributed by atoms with E-state index in [2.05, 4.69) is 0 Å². The number of hydrogen-bond donors (Lipinski definition) is 1. The molecular formula is C4H9FO3S. The van der Waals surface area contributed by atoms with E-state index in [-0.39, 0.29) is 0 Å². The summed E-state index contributed by atoms with van der Waals surface area (Å²) in [5.41, 5.74) is 0. The second kappa shape index (κ2) is 3.12. The SMILES string of the molecule is C[C@@H](CF)CS(=O)(=O)O. The average molecular weight is 156 g/mol. The Balaban J connectivity index is 3.75. The van der Waals surface area contributed by atoms with Crippen molar-refractivity contribution in [2.24, 2.45) is 5.92 Å². The Morgan fingerprint density at radius 3 is 2.22 bits per heavy atom. The minimum absolute atomic E-state index is 0.497. The van der Waals surface area contributed by atoms with Crippen molar-refractivity contribution >= 4 is 10.1 Å². The molecular weight excluding hydrogens is 147 g/mol. The van der Waals surface area contributed by atoms with Crippen molar-refractivity contribution in [1.29, 1.82) is 0 Å². The van der Waals surface area contributed by atoms with Crippen LogP contribution >= 0.6 is 0 Å². The summed E-state index contributed by atoms with van der Waals surface area (Å²) in [5, 5.41) is 0. The molecule has 56 valence electrons. The molecule has 0 radical (unpaired) electrons. The molecule has 0 rings (SSSR count). The van der Waals surface area contributed by atoms with Crippen LogP contribution in [0.15, 0.2) is 0 Å². The highest BCUT2D eigenvalue weighted by molar-refractivity contribution is 7.85. The Morgan fingerprint density at radius 1 is 1.67 bits per heavy atom. The fraction of sp³-hybridized carbons (Fsp3) is 1.00. The van der Waals surface area contributed by atoms with Crippen LogP contribution in [0.2, 0.25) is 0 Å². The first-order valence-electron chi connectivity index (χ1n) is 2.47. The van der Waals surface area contributed by atoms with Crippen LogP contribution < -0.4 is 0 Å². The number of alkyl halides is 1. The maximum atomic E-state index is 11.5. The van der Waals surface area contributed by atoms with Crippen molar-refractivity contribution in [1.82, 2.24) is 0 Å². The van der Waals surface area contributed by atoms with Gasteiger partial charge in [0, 0.05) is 5.92 Å². The van der Waals surface area contributed by atoms with Gasteiger partial charge in [-0.3, -0.25) is 8.94 Å². The van der Waals surface area contributed by atoms with Gasteiger partial charge in [-0.1, -0.05) is 6.92 Å². The van der Waals surface area contributed by atoms with Crippen molar-refractivity contribution in [3.05, 3.63) is 0 Å². The van der Waals surface area contributed by atoms with Crippen LogP contribution in [-0.2, 0) is 10.1 Å². The number of halogens is 1. The molecule has 1 N–H and O–H groups in total. The van der Waals surface area contributed by atoms with Crippen LogP contribution in [0.4, 0.5) is 4.39 Å². The lowest BCUT2D eigenvalue weighted by atomic mass is 10.3. The first-order valence-corrected chi connectivity index (χ1v) is 4.07. The second-order valence-electron chi connectivity index (χ2n) is 2.01. The van der Waals surface area contributed by atoms with Crippen LogP contribution in [0.1, 0.15) is 6.92 Å². The first kappa shape index (κ1) is 8.84. The Hall–Kier alpha value is -0.160. The first-order chi connectivity index (χ1) is 3.95. The summed E-state index contributed by atoms with van der Waals surface area (Å²) in [6.07, 6.45) is 0. The monoisotopic (exact) mass is 156 g/mol. The molecule has 0 saturated carbocycles. The van der Waals surface area contributed by atoms with E-state index >= 15 is 0 Å². The van der Waals surface area contributed by atoms with Gasteiger partial charge in [0.1, 0.15) is 0 Å². The van der Waals surface area contributed by atoms with Gasteiger partial charge in [-0.2, -0.15) is 8.42 Å². The fourth-order valence-corrected chi connectivity index (χ4v) is 1.21. The molecule has 1 atom stereocenters. The predicted octanol–water partition coefficient (Wildman–Crippen LogP) is 0.480. The van der Waals surface area contributed by atoms with Gasteiger partial charge in [-0.15, -0.1) is 0 Å². The average Bonchev–Trinajstić information content (AvgIpc) is 1.62. The third-order valence-corrected chi connectivity index (χ3v) is 1.75. The lowest BCUT2D eigenvalue weighted by Crippen LogP contribution is -2.13. The molecule has 0 aromatic rings. The summed E-state index contributed by atoms with van der Waals surface area (Å²) in [6.45, 7) is 0.688. The molecule has 0 spiro atoms. The van der Waals surface area contributed by atoms with Gasteiger partial charge in [-0.05, 0) is 0 Å². The zero-order valence-electron chi connectivity index (χ0n) is 5.04. The minimum Gasteiger partial charge on any atom is -0.286 e. The maximum absolute atomic E-state index is 11.5. The summed E-state index contributed by atoms with van der Waals surface area (Å²) >= 11 is 0. The number of rotatable bonds is 3. The third kappa shape index (κ3) is 5.72. The van der Waals surface area contributed by atoms with Crippen LogP contribution in [0, 0.1) is 5.92 Å². The van der Waals surface area contributed by atoms with Gasteiger partial charge >= 0.3 is 0 Å². The molecule has 0 saturated heterocycles. The molecule has 9 heavy (non-hydrogen) atoms. The van der Waals surface area contributed by atoms with Gasteiger partial charge in [0.15, 0.2) is 0 Å². The largest absolute Gasteiger partial charge is 0.286 e. The van der Waals surface area contributed by atoms with Crippen LogP contribution in [-0.4, -0.2) is 25.4 Å². The molecule has 0 heterocycles. The summed E-state index contributed by atoms with van der Waals surface area (Å²) in [7, 11) is -3.98. The molecule has 0 aromatic heterocycles. The zero-order valence-corrected chi connectivity index (χ0v) is 5.86. The molecule has 0 bridgehead atoms. The van der Waals surface area contributed by atoms with Crippen molar-refractivity contribution in [2.45, 2.75) is 6.92 Å². The molecule has 0 aliphatic carbocycles. The fourth-order valence-electron chi connectivity index (χ4n) is 0.404. The zero-order chi connectivity index (χ0) is 7.49. The van der Waals surface area contributed by atoms with E-state index in [4.69, 9.17) is 4.55 Å². The molecule has 0 aromatic carbocycles. The van der Waals surface area contributed by atoms with Crippen LogP contribution in [0.25, 0.3) is 0 Å². The summed E-state index contributed by atoms with van der Waals surface area (Å²) < 4.78 is 39.6. The quantitative estimate of drug-likeness (QED) is 0.604. The minimum atomic E-state index is -3.98. The molecule has 0 aliphatic rings. The van der Waals surface area contributed by atoms with E-state index in [0.717, 1.165) is 0 Å². The Bertz CT molecular complexity index is 163. The summed E-state index contributed by atoms with van der Waals surface area (Å²) in [4.78, 5) is 0. The number of hydrogen-bond acceptors (Lipinski definition) is 2. The highest BCUT2D eigenvalue weighted by atomic mass is 32.2. The van der Waals surface area contributed by atoms with Crippen molar-refractivity contribution in [2.75, 3.05) is 12.4 Å². The van der Waals surface area contributed by atoms with E-state index < -0.39 is 28.5 Å². The van der Waals surface area contributed by atoms with Crippen molar-refractivity contribution < 1.29 is 17.4 Å². The third-order valence-electron chi connectivity index (χ3n) is 0.759. The van der Waals surface area contributed by atoms with E-state index in [1.54, 1.807) is 0 Å². The highest BCUT2D eigenvalue weighted by Gasteiger charge is 2.10. The molecule has 5 heteroatoms. The normalized spacial score (nSPS) is 15.4. The van der Waals surface area contributed by atoms with Crippen LogP contribution in [0.3, 0.4) is 0 Å². The van der Waals surface area contributed by atoms with Gasteiger partial charge < -0.3 is 0 Å². The van der Waals surface area contributed by atoms with E-state index in [1.807, 2.05) is 0 Å². The second-order valence-corrected chi connectivity index (χ2v) is 3.51. The Kier molecular flexibility index (Phi) is 3.07. The topological polar surface area (TPSA) is 54.4 Å². The molecule has 0 fully saturated rings. The Labute approximate surface area is 53.6 Å². The van der Waals surface area contributed by atoms with Gasteiger partial charge in [0.2, 0.25) is 0 Å². The lowest BCUT2D eigenvalue weighted by Gasteiger charge is -2.00. The standard InChI is InChI=1S/C4H9FO3S/c1-4(2-5)3-9(6,7)8/h4H,2-3H2,1H3,(H,6,7,8)/t4-/m0/s1. The van der Waals surface area contributed by atoms with E-state index in [0.29, 0.717) is 0 Å². The van der Waals surface area contributed by atoms with Crippen molar-refractivity contribution in [3.8, 4) is 0 Å². The van der Waals surface area contributed by atoms with Gasteiger partial charge in [0.05, 0.1) is 12.4 Å². The highest BCUT2D eigenvalue weighted by Crippen LogP contribution is 1.98. The van der Waals surface area contributed by atoms with E-state index in [9.17, 15) is 12.8 Å². The molecule has 0 amide bonds. The molecule has 3 nitrogen and oxygen atoms in total. The van der Waals surface area contributed by atoms with Gasteiger partial charge in [-0.25, -0.2) is 0 Å². The van der Waals surface area contributed by atoms with Crippen molar-refractivity contribution in [3.63, 3.8) is 0 Å². The molecule has 0 aliphatic heterocycles. The predicted molar refractivity (Wildman–Crippen MR) is 31.6 cm³/mol. The van der Waals surface area contributed by atoms with Crippen LogP contribution in [0.5, 0.6) is 0 Å². The summed E-state index contributed by atoms with van der Waals surface area (Å²) in [6, 6.07) is 0. The molecule has 0 unspecified atom stereocenters. The van der Waals surface area contributed by atoms with Gasteiger partial charge in [0.25, 0.3) is 10.1 Å². The summed E-state index contributed by atoms with van der Waals surface area (Å²) in [5.74, 6) is -1.11. The van der Waals surface area contributed by atoms with E-state index in [1.165, 1.54) is 6.92 Å².